The van der Waals surface area contributed by atoms with E-state index in [4.69, 9.17) is 14.7 Å². The third kappa shape index (κ3) is 6.39. The Morgan fingerprint density at radius 3 is 2.72 bits per heavy atom. The number of aromatic nitrogens is 1. The minimum atomic E-state index is -2.54. The van der Waals surface area contributed by atoms with Crippen molar-refractivity contribution in [2.75, 3.05) is 24.6 Å². The smallest absolute Gasteiger partial charge is 0.272 e. The average Bonchev–Trinajstić information content (AvgIpc) is 3.26. The summed E-state index contributed by atoms with van der Waals surface area (Å²) in [5.41, 5.74) is 1.88. The van der Waals surface area contributed by atoms with Crippen molar-refractivity contribution in [2.24, 2.45) is 5.92 Å². The minimum Gasteiger partial charge on any atom is -0.489 e. The number of benzene rings is 1. The molecule has 2 unspecified atom stereocenters. The lowest BCUT2D eigenvalue weighted by Gasteiger charge is -2.20. The van der Waals surface area contributed by atoms with Crippen LogP contribution >= 0.6 is 0 Å². The molecule has 2 aromatic rings. The standard InChI is InChI=1S/C24H27F2N3O3/c1-16(11-22(30)17(2)13-27)18-3-5-20(6-4-18)32-21-8-10-29(14-21)19-7-9-28-24(12-19)31-15-23(25)26/h3-7,9,12,16-17,21,23H,8,10-11,14-15H2,1-2H3/t16-,17?,21?/m1/s1. The van der Waals surface area contributed by atoms with E-state index < -0.39 is 19.0 Å². The van der Waals surface area contributed by atoms with E-state index >= 15 is 0 Å². The van der Waals surface area contributed by atoms with Gasteiger partial charge in [-0.1, -0.05) is 19.1 Å². The van der Waals surface area contributed by atoms with Gasteiger partial charge in [0.2, 0.25) is 5.88 Å². The highest BCUT2D eigenvalue weighted by molar-refractivity contribution is 5.83. The Morgan fingerprint density at radius 1 is 1.28 bits per heavy atom. The predicted molar refractivity (Wildman–Crippen MR) is 116 cm³/mol. The molecule has 0 spiro atoms. The molecular weight excluding hydrogens is 416 g/mol. The Hall–Kier alpha value is -3.21. The Kier molecular flexibility index (Phi) is 7.98. The highest BCUT2D eigenvalue weighted by atomic mass is 19.3. The van der Waals surface area contributed by atoms with Crippen molar-refractivity contribution in [2.45, 2.75) is 45.1 Å². The van der Waals surface area contributed by atoms with Crippen LogP contribution in [0.4, 0.5) is 14.5 Å². The van der Waals surface area contributed by atoms with Crippen molar-refractivity contribution in [1.29, 1.82) is 5.26 Å². The molecule has 32 heavy (non-hydrogen) atoms. The lowest BCUT2D eigenvalue weighted by Crippen LogP contribution is -2.24. The second-order valence-corrected chi connectivity index (χ2v) is 8.02. The predicted octanol–water partition coefficient (Wildman–Crippen LogP) is 4.61. The summed E-state index contributed by atoms with van der Waals surface area (Å²) >= 11 is 0. The largest absolute Gasteiger partial charge is 0.489 e. The zero-order chi connectivity index (χ0) is 23.1. The molecule has 0 N–H and O–H groups in total. The maximum atomic E-state index is 12.3. The fraction of sp³-hybridized carbons (Fsp3) is 0.458. The maximum Gasteiger partial charge on any atom is 0.272 e. The number of carbonyl (C=O) groups excluding carboxylic acids is 1. The number of rotatable bonds is 10. The lowest BCUT2D eigenvalue weighted by molar-refractivity contribution is -0.121. The second kappa shape index (κ2) is 10.9. The fourth-order valence-electron chi connectivity index (χ4n) is 3.62. The van der Waals surface area contributed by atoms with Crippen LogP contribution < -0.4 is 14.4 Å². The Bertz CT molecular complexity index is 946. The first-order chi connectivity index (χ1) is 15.4. The molecule has 0 radical (unpaired) electrons. The first kappa shape index (κ1) is 23.5. The van der Waals surface area contributed by atoms with Crippen LogP contribution in [0, 0.1) is 17.2 Å². The molecule has 1 aliphatic heterocycles. The SMILES string of the molecule is CC(C#N)C(=O)C[C@@H](C)c1ccc(OC2CCN(c3ccnc(OCC(F)F)c3)C2)cc1. The van der Waals surface area contributed by atoms with Gasteiger partial charge in [0.05, 0.1) is 12.6 Å². The average molecular weight is 443 g/mol. The van der Waals surface area contributed by atoms with Crippen molar-refractivity contribution in [3.8, 4) is 17.7 Å². The molecule has 0 aliphatic carbocycles. The molecule has 2 heterocycles. The summed E-state index contributed by atoms with van der Waals surface area (Å²) in [6, 6.07) is 13.2. The van der Waals surface area contributed by atoms with Crippen molar-refractivity contribution >= 4 is 11.5 Å². The summed E-state index contributed by atoms with van der Waals surface area (Å²) in [6.45, 7) is 4.36. The highest BCUT2D eigenvalue weighted by Crippen LogP contribution is 2.27. The van der Waals surface area contributed by atoms with E-state index in [1.165, 1.54) is 0 Å². The molecule has 1 aromatic carbocycles. The van der Waals surface area contributed by atoms with E-state index in [2.05, 4.69) is 9.88 Å². The van der Waals surface area contributed by atoms with Crippen LogP contribution in [0.2, 0.25) is 0 Å². The van der Waals surface area contributed by atoms with Gasteiger partial charge in [-0.05, 0) is 36.6 Å². The van der Waals surface area contributed by atoms with Gasteiger partial charge in [0.25, 0.3) is 6.43 Å². The van der Waals surface area contributed by atoms with E-state index in [0.29, 0.717) is 13.0 Å². The molecule has 0 amide bonds. The highest BCUT2D eigenvalue weighted by Gasteiger charge is 2.25. The Morgan fingerprint density at radius 2 is 2.03 bits per heavy atom. The summed E-state index contributed by atoms with van der Waals surface area (Å²) in [7, 11) is 0. The minimum absolute atomic E-state index is 0.00470. The molecular formula is C24H27F2N3O3. The van der Waals surface area contributed by atoms with Crippen LogP contribution in [0.3, 0.4) is 0 Å². The number of alkyl halides is 2. The third-order valence-electron chi connectivity index (χ3n) is 5.52. The number of ketones is 1. The van der Waals surface area contributed by atoms with E-state index in [0.717, 1.165) is 30.0 Å². The van der Waals surface area contributed by atoms with Crippen molar-refractivity contribution < 1.29 is 23.0 Å². The number of ether oxygens (including phenoxy) is 2. The molecule has 6 nitrogen and oxygen atoms in total. The maximum absolute atomic E-state index is 12.3. The van der Waals surface area contributed by atoms with Gasteiger partial charge in [0, 0.05) is 37.3 Å². The fourth-order valence-corrected chi connectivity index (χ4v) is 3.62. The third-order valence-corrected chi connectivity index (χ3v) is 5.52. The van der Waals surface area contributed by atoms with Gasteiger partial charge in [0.15, 0.2) is 6.61 Å². The Labute approximate surface area is 186 Å². The molecule has 1 fully saturated rings. The number of hydrogen-bond acceptors (Lipinski definition) is 6. The first-order valence-corrected chi connectivity index (χ1v) is 10.7. The molecule has 1 aromatic heterocycles. The molecule has 8 heteroatoms. The number of hydrogen-bond donors (Lipinski definition) is 0. The van der Waals surface area contributed by atoms with Gasteiger partial charge in [-0.3, -0.25) is 4.79 Å². The molecule has 0 bridgehead atoms. The monoisotopic (exact) mass is 443 g/mol. The number of carbonyl (C=O) groups is 1. The normalized spacial score (nSPS) is 17.6. The van der Waals surface area contributed by atoms with Crippen molar-refractivity contribution in [1.82, 2.24) is 4.98 Å². The molecule has 0 saturated carbocycles. The number of pyridine rings is 1. The number of nitriles is 1. The number of nitrogens with zero attached hydrogens (tertiary/aromatic N) is 3. The molecule has 1 saturated heterocycles. The summed E-state index contributed by atoms with van der Waals surface area (Å²) in [5.74, 6) is 0.324. The summed E-state index contributed by atoms with van der Waals surface area (Å²) in [6.07, 6.45) is 0.165. The molecule has 170 valence electrons. The van der Waals surface area contributed by atoms with Crippen LogP contribution in [0.5, 0.6) is 11.6 Å². The van der Waals surface area contributed by atoms with Crippen LogP contribution in [0.25, 0.3) is 0 Å². The van der Waals surface area contributed by atoms with Gasteiger partial charge in [0.1, 0.15) is 23.6 Å². The topological polar surface area (TPSA) is 75.5 Å². The number of halogens is 2. The summed E-state index contributed by atoms with van der Waals surface area (Å²) in [5, 5.41) is 8.88. The zero-order valence-electron chi connectivity index (χ0n) is 18.2. The summed E-state index contributed by atoms with van der Waals surface area (Å²) in [4.78, 5) is 18.1. The van der Waals surface area contributed by atoms with Gasteiger partial charge in [-0.2, -0.15) is 5.26 Å². The summed E-state index contributed by atoms with van der Waals surface area (Å²) < 4.78 is 35.8. The first-order valence-electron chi connectivity index (χ1n) is 10.7. The van der Waals surface area contributed by atoms with Gasteiger partial charge < -0.3 is 14.4 Å². The van der Waals surface area contributed by atoms with Gasteiger partial charge in [-0.25, -0.2) is 13.8 Å². The molecule has 3 atom stereocenters. The second-order valence-electron chi connectivity index (χ2n) is 8.02. The van der Waals surface area contributed by atoms with Crippen molar-refractivity contribution in [3.05, 3.63) is 48.2 Å². The lowest BCUT2D eigenvalue weighted by atomic mass is 9.92. The van der Waals surface area contributed by atoms with E-state index in [-0.39, 0.29) is 23.7 Å². The van der Waals surface area contributed by atoms with E-state index in [1.54, 1.807) is 19.2 Å². The van der Waals surface area contributed by atoms with E-state index in [9.17, 15) is 13.6 Å². The molecule has 3 rings (SSSR count). The van der Waals surface area contributed by atoms with Crippen LogP contribution in [0.15, 0.2) is 42.6 Å². The van der Waals surface area contributed by atoms with Crippen molar-refractivity contribution in [3.63, 3.8) is 0 Å². The van der Waals surface area contributed by atoms with Crippen LogP contribution in [0.1, 0.15) is 38.2 Å². The zero-order valence-corrected chi connectivity index (χ0v) is 18.2. The van der Waals surface area contributed by atoms with Crippen LogP contribution in [-0.4, -0.2) is 43.0 Å². The van der Waals surface area contributed by atoms with Gasteiger partial charge >= 0.3 is 0 Å². The quantitative estimate of drug-likeness (QED) is 0.534. The van der Waals surface area contributed by atoms with Gasteiger partial charge in [-0.15, -0.1) is 0 Å². The van der Waals surface area contributed by atoms with Crippen LogP contribution in [-0.2, 0) is 4.79 Å². The van der Waals surface area contributed by atoms with E-state index in [1.807, 2.05) is 43.3 Å². The number of anilines is 1. The Balaban J connectivity index is 1.53. The number of Topliss-reactive ketones (excluding diaryl/α,β-unsaturated/α-hetero) is 1. The molecule has 1 aliphatic rings.